The monoisotopic (exact) mass is 343 g/mol. The van der Waals surface area contributed by atoms with Crippen molar-refractivity contribution in [3.63, 3.8) is 0 Å². The van der Waals surface area contributed by atoms with Crippen LogP contribution < -0.4 is 10.1 Å². The molecular weight excluding hydrogens is 327 g/mol. The van der Waals surface area contributed by atoms with Gasteiger partial charge in [0.15, 0.2) is 0 Å². The summed E-state index contributed by atoms with van der Waals surface area (Å²) in [6, 6.07) is 4.49. The minimum Gasteiger partial charge on any atom is -0.406 e. The lowest BCUT2D eigenvalue weighted by Crippen LogP contribution is -2.38. The van der Waals surface area contributed by atoms with E-state index in [0.29, 0.717) is 5.56 Å². The van der Waals surface area contributed by atoms with Crippen molar-refractivity contribution in [1.29, 1.82) is 0 Å². The second-order valence-electron chi connectivity index (χ2n) is 5.43. The summed E-state index contributed by atoms with van der Waals surface area (Å²) in [5, 5.41) is 16.8. The van der Waals surface area contributed by atoms with E-state index in [4.69, 9.17) is 0 Å². The van der Waals surface area contributed by atoms with Crippen molar-refractivity contribution >= 4 is 5.91 Å². The van der Waals surface area contributed by atoms with Crippen LogP contribution in [-0.4, -0.2) is 33.7 Å². The standard InChI is InChI=1S/C15H16F3N3O3/c1-14(23,11-7-20-21(2)8-11)9-19-13(22)10-3-5-12(6-4-10)24-15(16,17)18/h3-8,23H,9H2,1-2H3,(H,19,22). The highest BCUT2D eigenvalue weighted by atomic mass is 19.4. The number of aliphatic hydroxyl groups is 1. The molecule has 2 N–H and O–H groups in total. The number of ether oxygens (including phenoxy) is 1. The summed E-state index contributed by atoms with van der Waals surface area (Å²) < 4.78 is 41.5. The zero-order valence-corrected chi connectivity index (χ0v) is 13.0. The molecule has 0 aliphatic carbocycles. The molecule has 9 heteroatoms. The predicted molar refractivity (Wildman–Crippen MR) is 78.2 cm³/mol. The summed E-state index contributed by atoms with van der Waals surface area (Å²) in [5.41, 5.74) is -0.658. The summed E-state index contributed by atoms with van der Waals surface area (Å²) >= 11 is 0. The molecule has 1 atom stereocenters. The van der Waals surface area contributed by atoms with Crippen molar-refractivity contribution < 1.29 is 27.8 Å². The molecule has 0 aliphatic rings. The average molecular weight is 343 g/mol. The van der Waals surface area contributed by atoms with E-state index in [0.717, 1.165) is 12.1 Å². The molecule has 0 aliphatic heterocycles. The quantitative estimate of drug-likeness (QED) is 0.870. The highest BCUT2D eigenvalue weighted by molar-refractivity contribution is 5.94. The Balaban J connectivity index is 1.97. The van der Waals surface area contributed by atoms with Gasteiger partial charge >= 0.3 is 6.36 Å². The van der Waals surface area contributed by atoms with Gasteiger partial charge in [0.1, 0.15) is 11.4 Å². The number of carbonyl (C=O) groups excluding carboxylic acids is 1. The van der Waals surface area contributed by atoms with Gasteiger partial charge < -0.3 is 15.2 Å². The third kappa shape index (κ3) is 4.72. The normalized spacial score (nSPS) is 14.1. The number of alkyl halides is 3. The second kappa shape index (κ2) is 6.52. The van der Waals surface area contributed by atoms with Gasteiger partial charge in [-0.2, -0.15) is 5.10 Å². The first-order valence-corrected chi connectivity index (χ1v) is 6.92. The van der Waals surface area contributed by atoms with Crippen molar-refractivity contribution in [3.05, 3.63) is 47.8 Å². The zero-order valence-electron chi connectivity index (χ0n) is 13.0. The summed E-state index contributed by atoms with van der Waals surface area (Å²) in [5.74, 6) is -0.945. The van der Waals surface area contributed by atoms with Crippen molar-refractivity contribution in [1.82, 2.24) is 15.1 Å². The molecule has 2 rings (SSSR count). The van der Waals surface area contributed by atoms with Gasteiger partial charge in [-0.05, 0) is 31.2 Å². The Labute approximate surface area is 135 Å². The molecule has 130 valence electrons. The molecule has 1 aromatic carbocycles. The van der Waals surface area contributed by atoms with Crippen LogP contribution in [0.3, 0.4) is 0 Å². The summed E-state index contributed by atoms with van der Waals surface area (Å²) in [6.45, 7) is 1.43. The fourth-order valence-corrected chi connectivity index (χ4v) is 1.96. The molecule has 0 spiro atoms. The van der Waals surface area contributed by atoms with Crippen molar-refractivity contribution in [2.75, 3.05) is 6.54 Å². The Morgan fingerprint density at radius 3 is 2.46 bits per heavy atom. The van der Waals surface area contributed by atoms with Crippen LogP contribution in [0.5, 0.6) is 5.75 Å². The number of amides is 1. The fraction of sp³-hybridized carbons (Fsp3) is 0.333. The first-order valence-electron chi connectivity index (χ1n) is 6.92. The minimum atomic E-state index is -4.79. The van der Waals surface area contributed by atoms with Crippen LogP contribution >= 0.6 is 0 Å². The minimum absolute atomic E-state index is 0.0850. The molecule has 0 radical (unpaired) electrons. The first kappa shape index (κ1) is 17.8. The van der Waals surface area contributed by atoms with E-state index in [9.17, 15) is 23.1 Å². The number of rotatable bonds is 5. The van der Waals surface area contributed by atoms with E-state index in [1.165, 1.54) is 29.9 Å². The lowest BCUT2D eigenvalue weighted by atomic mass is 9.99. The maximum atomic E-state index is 12.1. The predicted octanol–water partition coefficient (Wildman–Crippen LogP) is 1.96. The molecule has 6 nitrogen and oxygen atoms in total. The number of nitrogens with zero attached hydrogens (tertiary/aromatic N) is 2. The topological polar surface area (TPSA) is 76.4 Å². The Kier molecular flexibility index (Phi) is 4.83. The van der Waals surface area contributed by atoms with Crippen LogP contribution in [0.25, 0.3) is 0 Å². The summed E-state index contributed by atoms with van der Waals surface area (Å²) in [4.78, 5) is 12.0. The third-order valence-electron chi connectivity index (χ3n) is 3.27. The molecule has 2 aromatic rings. The molecule has 24 heavy (non-hydrogen) atoms. The number of aryl methyl sites for hydroxylation is 1. The summed E-state index contributed by atoms with van der Waals surface area (Å²) in [7, 11) is 1.70. The fourth-order valence-electron chi connectivity index (χ4n) is 1.96. The van der Waals surface area contributed by atoms with Crippen molar-refractivity contribution in [2.24, 2.45) is 7.05 Å². The SMILES string of the molecule is Cn1cc(C(C)(O)CNC(=O)c2ccc(OC(F)(F)F)cc2)cn1. The zero-order chi connectivity index (χ0) is 18.0. The smallest absolute Gasteiger partial charge is 0.406 e. The molecule has 1 heterocycles. The Bertz CT molecular complexity index is 709. The van der Waals surface area contributed by atoms with Crippen LogP contribution in [0.4, 0.5) is 13.2 Å². The lowest BCUT2D eigenvalue weighted by molar-refractivity contribution is -0.274. The number of nitrogens with one attached hydrogen (secondary N) is 1. The molecule has 0 bridgehead atoms. The molecule has 0 saturated heterocycles. The van der Waals surface area contributed by atoms with E-state index in [1.54, 1.807) is 13.2 Å². The largest absolute Gasteiger partial charge is 0.573 e. The highest BCUT2D eigenvalue weighted by Crippen LogP contribution is 2.23. The third-order valence-corrected chi connectivity index (χ3v) is 3.27. The van der Waals surface area contributed by atoms with E-state index in [-0.39, 0.29) is 12.1 Å². The summed E-state index contributed by atoms with van der Waals surface area (Å²) in [6.07, 6.45) is -1.68. The maximum Gasteiger partial charge on any atom is 0.573 e. The molecule has 1 aromatic heterocycles. The highest BCUT2D eigenvalue weighted by Gasteiger charge is 2.31. The molecule has 0 fully saturated rings. The van der Waals surface area contributed by atoms with Gasteiger partial charge in [0.25, 0.3) is 5.91 Å². The Hall–Kier alpha value is -2.55. The van der Waals surface area contributed by atoms with E-state index < -0.39 is 23.6 Å². The number of benzene rings is 1. The molecule has 0 saturated carbocycles. The molecule has 1 unspecified atom stereocenters. The maximum absolute atomic E-state index is 12.1. The Morgan fingerprint density at radius 2 is 1.96 bits per heavy atom. The number of halogens is 3. The molecule has 1 amide bonds. The van der Waals surface area contributed by atoms with E-state index in [2.05, 4.69) is 15.2 Å². The van der Waals surface area contributed by atoms with E-state index >= 15 is 0 Å². The van der Waals surface area contributed by atoms with Crippen LogP contribution in [0.2, 0.25) is 0 Å². The van der Waals surface area contributed by atoms with Crippen LogP contribution in [0.1, 0.15) is 22.8 Å². The molecular formula is C15H16F3N3O3. The van der Waals surface area contributed by atoms with Crippen LogP contribution in [0, 0.1) is 0 Å². The number of hydrogen-bond donors (Lipinski definition) is 2. The van der Waals surface area contributed by atoms with Gasteiger partial charge in [0.05, 0.1) is 12.7 Å². The lowest BCUT2D eigenvalue weighted by Gasteiger charge is -2.22. The van der Waals surface area contributed by atoms with Crippen LogP contribution in [0.15, 0.2) is 36.7 Å². The number of aromatic nitrogens is 2. The van der Waals surface area contributed by atoms with Crippen molar-refractivity contribution in [3.8, 4) is 5.75 Å². The average Bonchev–Trinajstić information content (AvgIpc) is 2.91. The van der Waals surface area contributed by atoms with Gasteiger partial charge in [0.2, 0.25) is 0 Å². The van der Waals surface area contributed by atoms with Gasteiger partial charge in [-0.15, -0.1) is 13.2 Å². The number of hydrogen-bond acceptors (Lipinski definition) is 4. The van der Waals surface area contributed by atoms with Crippen LogP contribution in [-0.2, 0) is 12.6 Å². The van der Waals surface area contributed by atoms with Crippen molar-refractivity contribution in [2.45, 2.75) is 18.9 Å². The second-order valence-corrected chi connectivity index (χ2v) is 5.43. The van der Waals surface area contributed by atoms with Gasteiger partial charge in [-0.1, -0.05) is 0 Å². The van der Waals surface area contributed by atoms with Gasteiger partial charge in [-0.3, -0.25) is 9.48 Å². The van der Waals surface area contributed by atoms with E-state index in [1.807, 2.05) is 0 Å². The van der Waals surface area contributed by atoms with Gasteiger partial charge in [-0.25, -0.2) is 0 Å². The number of carbonyl (C=O) groups is 1. The first-order chi connectivity index (χ1) is 11.1. The van der Waals surface area contributed by atoms with Gasteiger partial charge in [0, 0.05) is 24.4 Å². The Morgan fingerprint density at radius 1 is 1.33 bits per heavy atom.